The zero-order valence-corrected chi connectivity index (χ0v) is 14.2. The van der Waals surface area contributed by atoms with Crippen LogP contribution in [0.25, 0.3) is 0 Å². The molecule has 24 heavy (non-hydrogen) atoms. The third kappa shape index (κ3) is 4.80. The van der Waals surface area contributed by atoms with Crippen molar-refractivity contribution in [3.8, 4) is 5.75 Å². The highest BCUT2D eigenvalue weighted by atomic mass is 32.2. The van der Waals surface area contributed by atoms with E-state index in [1.807, 2.05) is 36.4 Å². The molecule has 0 N–H and O–H groups in total. The molecule has 1 saturated heterocycles. The highest BCUT2D eigenvalue weighted by molar-refractivity contribution is 7.87. The van der Waals surface area contributed by atoms with Crippen LogP contribution in [0.4, 0.5) is 0 Å². The van der Waals surface area contributed by atoms with Crippen LogP contribution in [0, 0.1) is 0 Å². The average molecular weight is 347 g/mol. The Morgan fingerprint density at radius 1 is 1.04 bits per heavy atom. The van der Waals surface area contributed by atoms with Gasteiger partial charge in [0.05, 0.1) is 18.5 Å². The molecule has 0 aliphatic carbocycles. The summed E-state index contributed by atoms with van der Waals surface area (Å²) >= 11 is 0. The van der Waals surface area contributed by atoms with E-state index in [1.165, 1.54) is 0 Å². The molecule has 5 nitrogen and oxygen atoms in total. The summed E-state index contributed by atoms with van der Waals surface area (Å²) in [5.41, 5.74) is 1.12. The first-order valence-electron chi connectivity index (χ1n) is 7.98. The van der Waals surface area contributed by atoms with Crippen LogP contribution < -0.4 is 4.18 Å². The SMILES string of the molecule is O=S(=O)(CCN1CCO[C@H](c2ccccc2)C1)Oc1ccccc1. The van der Waals surface area contributed by atoms with Gasteiger partial charge < -0.3 is 8.92 Å². The van der Waals surface area contributed by atoms with Gasteiger partial charge in [0, 0.05) is 19.6 Å². The van der Waals surface area contributed by atoms with Crippen molar-refractivity contribution >= 4 is 10.1 Å². The maximum absolute atomic E-state index is 12.1. The summed E-state index contributed by atoms with van der Waals surface area (Å²) in [5, 5.41) is 0. The van der Waals surface area contributed by atoms with Crippen LogP contribution in [-0.4, -0.2) is 45.3 Å². The number of para-hydroxylation sites is 1. The Labute approximate surface area is 142 Å². The fourth-order valence-electron chi connectivity index (χ4n) is 2.68. The molecule has 6 heteroatoms. The normalized spacial score (nSPS) is 19.1. The lowest BCUT2D eigenvalue weighted by molar-refractivity contribution is -0.0279. The topological polar surface area (TPSA) is 55.8 Å². The molecule has 2 aromatic rings. The molecular weight excluding hydrogens is 326 g/mol. The van der Waals surface area contributed by atoms with Crippen molar-refractivity contribution in [2.45, 2.75) is 6.10 Å². The van der Waals surface area contributed by atoms with Gasteiger partial charge in [0.15, 0.2) is 0 Å². The molecule has 0 spiro atoms. The molecule has 0 saturated carbocycles. The highest BCUT2D eigenvalue weighted by Gasteiger charge is 2.23. The Balaban J connectivity index is 1.54. The Bertz CT molecular complexity index is 734. The number of benzene rings is 2. The fourth-order valence-corrected chi connectivity index (χ4v) is 3.65. The fraction of sp³-hybridized carbons (Fsp3) is 0.333. The lowest BCUT2D eigenvalue weighted by Crippen LogP contribution is -2.41. The highest BCUT2D eigenvalue weighted by Crippen LogP contribution is 2.22. The predicted octanol–water partition coefficient (Wildman–Crippen LogP) is 2.47. The van der Waals surface area contributed by atoms with E-state index in [-0.39, 0.29) is 11.9 Å². The van der Waals surface area contributed by atoms with Crippen molar-refractivity contribution in [1.29, 1.82) is 0 Å². The zero-order valence-electron chi connectivity index (χ0n) is 13.4. The molecule has 0 amide bonds. The summed E-state index contributed by atoms with van der Waals surface area (Å²) in [4.78, 5) is 2.10. The zero-order chi connectivity index (χ0) is 16.8. The second-order valence-corrected chi connectivity index (χ2v) is 7.42. The molecule has 1 aliphatic heterocycles. The third-order valence-corrected chi connectivity index (χ3v) is 5.07. The predicted molar refractivity (Wildman–Crippen MR) is 92.4 cm³/mol. The molecule has 0 radical (unpaired) electrons. The number of ether oxygens (including phenoxy) is 1. The molecule has 128 valence electrons. The van der Waals surface area contributed by atoms with Crippen LogP contribution in [0.5, 0.6) is 5.75 Å². The van der Waals surface area contributed by atoms with Crippen molar-refractivity contribution in [2.24, 2.45) is 0 Å². The van der Waals surface area contributed by atoms with Gasteiger partial charge in [0.25, 0.3) is 0 Å². The van der Waals surface area contributed by atoms with Gasteiger partial charge in [-0.25, -0.2) is 0 Å². The molecule has 1 atom stereocenters. The number of hydrogen-bond acceptors (Lipinski definition) is 5. The summed E-state index contributed by atoms with van der Waals surface area (Å²) in [5.74, 6) is 0.310. The van der Waals surface area contributed by atoms with E-state index in [1.54, 1.807) is 24.3 Å². The first-order chi connectivity index (χ1) is 11.6. The molecule has 3 rings (SSSR count). The smallest absolute Gasteiger partial charge is 0.310 e. The van der Waals surface area contributed by atoms with Gasteiger partial charge in [-0.1, -0.05) is 48.5 Å². The van der Waals surface area contributed by atoms with E-state index < -0.39 is 10.1 Å². The van der Waals surface area contributed by atoms with Crippen LogP contribution in [0.2, 0.25) is 0 Å². The summed E-state index contributed by atoms with van der Waals surface area (Å²) in [6.07, 6.45) is -0.0160. The van der Waals surface area contributed by atoms with Crippen molar-refractivity contribution in [2.75, 3.05) is 32.0 Å². The molecule has 1 fully saturated rings. The molecule has 1 aliphatic rings. The molecule has 1 heterocycles. The maximum atomic E-state index is 12.1. The Morgan fingerprint density at radius 2 is 1.71 bits per heavy atom. The standard InChI is InChI=1S/C18H21NO4S/c20-24(21,23-17-9-5-2-6-10-17)14-12-19-11-13-22-18(15-19)16-7-3-1-4-8-16/h1-10,18H,11-15H2/t18-/m0/s1. The first kappa shape index (κ1) is 17.0. The monoisotopic (exact) mass is 347 g/mol. The van der Waals surface area contributed by atoms with Crippen molar-refractivity contribution in [1.82, 2.24) is 4.90 Å². The van der Waals surface area contributed by atoms with Gasteiger partial charge in [0.1, 0.15) is 5.75 Å². The average Bonchev–Trinajstić information content (AvgIpc) is 2.62. The van der Waals surface area contributed by atoms with Crippen molar-refractivity contribution < 1.29 is 17.3 Å². The summed E-state index contributed by atoms with van der Waals surface area (Å²) < 4.78 is 35.1. The second kappa shape index (κ2) is 7.79. The van der Waals surface area contributed by atoms with Crippen LogP contribution in [0.3, 0.4) is 0 Å². The second-order valence-electron chi connectivity index (χ2n) is 5.73. The molecule has 0 bridgehead atoms. The number of rotatable bonds is 6. The van der Waals surface area contributed by atoms with Gasteiger partial charge >= 0.3 is 10.1 Å². The lowest BCUT2D eigenvalue weighted by atomic mass is 10.1. The quantitative estimate of drug-likeness (QED) is 0.752. The first-order valence-corrected chi connectivity index (χ1v) is 9.56. The van der Waals surface area contributed by atoms with Gasteiger partial charge in [-0.2, -0.15) is 8.42 Å². The Hall–Kier alpha value is -1.89. The van der Waals surface area contributed by atoms with Crippen molar-refractivity contribution in [3.05, 3.63) is 66.2 Å². The van der Waals surface area contributed by atoms with E-state index >= 15 is 0 Å². The summed E-state index contributed by atoms with van der Waals surface area (Å²) in [6, 6.07) is 18.6. The summed E-state index contributed by atoms with van der Waals surface area (Å²) in [7, 11) is -3.60. The summed E-state index contributed by atoms with van der Waals surface area (Å²) in [6.45, 7) is 2.44. The number of morpholine rings is 1. The number of nitrogens with zero attached hydrogens (tertiary/aromatic N) is 1. The molecular formula is C18H21NO4S. The Kier molecular flexibility index (Phi) is 5.50. The lowest BCUT2D eigenvalue weighted by Gasteiger charge is -2.32. The van der Waals surface area contributed by atoms with Crippen LogP contribution in [0.15, 0.2) is 60.7 Å². The third-order valence-electron chi connectivity index (χ3n) is 3.95. The van der Waals surface area contributed by atoms with Crippen molar-refractivity contribution in [3.63, 3.8) is 0 Å². The van der Waals surface area contributed by atoms with E-state index in [9.17, 15) is 8.42 Å². The van der Waals surface area contributed by atoms with E-state index in [0.717, 1.165) is 12.1 Å². The minimum absolute atomic E-state index is 0.0160. The molecule has 2 aromatic carbocycles. The van der Waals surface area contributed by atoms with Gasteiger partial charge in [-0.3, -0.25) is 4.90 Å². The number of hydrogen-bond donors (Lipinski definition) is 0. The van der Waals surface area contributed by atoms with Gasteiger partial charge in [0.2, 0.25) is 0 Å². The van der Waals surface area contributed by atoms with E-state index in [2.05, 4.69) is 4.90 Å². The minimum atomic E-state index is -3.60. The van der Waals surface area contributed by atoms with E-state index in [0.29, 0.717) is 25.4 Å². The Morgan fingerprint density at radius 3 is 2.42 bits per heavy atom. The largest absolute Gasteiger partial charge is 0.382 e. The maximum Gasteiger partial charge on any atom is 0.310 e. The van der Waals surface area contributed by atoms with E-state index in [4.69, 9.17) is 8.92 Å². The van der Waals surface area contributed by atoms with Crippen LogP contribution >= 0.6 is 0 Å². The van der Waals surface area contributed by atoms with Gasteiger partial charge in [-0.05, 0) is 17.7 Å². The van der Waals surface area contributed by atoms with Crippen LogP contribution in [-0.2, 0) is 14.9 Å². The van der Waals surface area contributed by atoms with Crippen LogP contribution in [0.1, 0.15) is 11.7 Å². The molecule has 0 aromatic heterocycles. The molecule has 0 unspecified atom stereocenters. The minimum Gasteiger partial charge on any atom is -0.382 e. The van der Waals surface area contributed by atoms with Gasteiger partial charge in [-0.15, -0.1) is 0 Å².